The van der Waals surface area contributed by atoms with Gasteiger partial charge in [0.2, 0.25) is 0 Å². The summed E-state index contributed by atoms with van der Waals surface area (Å²) in [7, 11) is 0. The molecule has 1 fully saturated rings. The van der Waals surface area contributed by atoms with Crippen LogP contribution in [0.3, 0.4) is 0 Å². The molecule has 0 radical (unpaired) electrons. The van der Waals surface area contributed by atoms with E-state index in [1.54, 1.807) is 0 Å². The van der Waals surface area contributed by atoms with Gasteiger partial charge >= 0.3 is 78.9 Å². The molecule has 0 aromatic rings. The van der Waals surface area contributed by atoms with Crippen molar-refractivity contribution < 1.29 is 9.59 Å². The molecule has 0 aromatic carbocycles. The fourth-order valence-electron chi connectivity index (χ4n) is 1.41. The quantitative estimate of drug-likeness (QED) is 0.420. The monoisotopic (exact) mass is 234 g/mol. The van der Waals surface area contributed by atoms with Gasteiger partial charge in [-0.15, -0.1) is 0 Å². The summed E-state index contributed by atoms with van der Waals surface area (Å²) in [5.41, 5.74) is 0. The van der Waals surface area contributed by atoms with Crippen LogP contribution in [-0.4, -0.2) is 27.0 Å². The van der Waals surface area contributed by atoms with Crippen LogP contribution in [-0.2, 0) is 9.59 Å². The summed E-state index contributed by atoms with van der Waals surface area (Å²) in [6.07, 6.45) is 5.53. The number of hydrogen-bond donors (Lipinski definition) is 0. The third kappa shape index (κ3) is 3.50. The van der Waals surface area contributed by atoms with Gasteiger partial charge in [0, 0.05) is 0 Å². The zero-order valence-electron chi connectivity index (χ0n) is 7.12. The van der Waals surface area contributed by atoms with E-state index in [1.165, 1.54) is 6.42 Å². The summed E-state index contributed by atoms with van der Waals surface area (Å²) in [6.45, 7) is 0. The van der Waals surface area contributed by atoms with E-state index in [2.05, 4.69) is 0 Å². The molecule has 3 heteroatoms. The van der Waals surface area contributed by atoms with Crippen molar-refractivity contribution in [2.45, 2.75) is 42.2 Å². The molecule has 0 spiro atoms. The van der Waals surface area contributed by atoms with E-state index in [0.29, 0.717) is 32.0 Å². The molecule has 0 amide bonds. The second kappa shape index (κ2) is 5.50. The average Bonchev–Trinajstić information content (AvgIpc) is 2.05. The molecule has 0 heterocycles. The molecule has 0 N–H and O–H groups in total. The summed E-state index contributed by atoms with van der Waals surface area (Å²) in [6, 6.07) is 0. The first kappa shape index (κ1) is 9.94. The first-order chi connectivity index (χ1) is 5.83. The van der Waals surface area contributed by atoms with Crippen LogP contribution in [0.15, 0.2) is 0 Å². The van der Waals surface area contributed by atoms with E-state index in [4.69, 9.17) is 0 Å². The van der Waals surface area contributed by atoms with Gasteiger partial charge in [-0.2, -0.15) is 0 Å². The summed E-state index contributed by atoms with van der Waals surface area (Å²) < 4.78 is 0. The third-order valence-corrected chi connectivity index (χ3v) is 4.85. The van der Waals surface area contributed by atoms with E-state index in [-0.39, 0.29) is 0 Å². The Morgan fingerprint density at radius 2 is 2.42 bits per heavy atom. The Hall–Kier alpha value is -0.141. The molecule has 1 rings (SSSR count). The molecule has 1 aliphatic rings. The van der Waals surface area contributed by atoms with Crippen molar-refractivity contribution in [2.24, 2.45) is 0 Å². The molecule has 0 bridgehead atoms. The molecule has 0 aliphatic heterocycles. The molecule has 0 aromatic heterocycles. The normalized spacial score (nSPS) is 24.0. The van der Waals surface area contributed by atoms with Gasteiger partial charge < -0.3 is 0 Å². The number of Topliss-reactive ketones (excluding diaryl/α,β-unsaturated/α-hetero) is 1. The van der Waals surface area contributed by atoms with Crippen LogP contribution in [0.25, 0.3) is 0 Å². The van der Waals surface area contributed by atoms with Crippen molar-refractivity contribution in [1.82, 2.24) is 0 Å². The summed E-state index contributed by atoms with van der Waals surface area (Å²) in [5, 5.41) is 1.02. The molecule has 12 heavy (non-hydrogen) atoms. The second-order valence-electron chi connectivity index (χ2n) is 3.08. The molecule has 0 saturated heterocycles. The van der Waals surface area contributed by atoms with Crippen molar-refractivity contribution in [3.05, 3.63) is 0 Å². The maximum absolute atomic E-state index is 11.0. The average molecular weight is 233 g/mol. The summed E-state index contributed by atoms with van der Waals surface area (Å²) in [5.74, 6) is 0.430. The van der Waals surface area contributed by atoms with E-state index in [1.807, 2.05) is 0 Å². The number of carbonyl (C=O) groups excluding carboxylic acids is 2. The van der Waals surface area contributed by atoms with Crippen LogP contribution in [0, 0.1) is 0 Å². The van der Waals surface area contributed by atoms with Crippen molar-refractivity contribution in [3.63, 3.8) is 0 Å². The fraction of sp³-hybridized carbons (Fsp3) is 0.778. The number of aldehydes is 1. The van der Waals surface area contributed by atoms with E-state index in [9.17, 15) is 9.59 Å². The zero-order valence-corrected chi connectivity index (χ0v) is 8.84. The van der Waals surface area contributed by atoms with E-state index >= 15 is 0 Å². The Bertz CT molecular complexity index is 168. The van der Waals surface area contributed by atoms with Crippen LogP contribution in [0.1, 0.15) is 32.1 Å². The fourth-order valence-corrected chi connectivity index (χ4v) is 3.93. The predicted octanol–water partition coefficient (Wildman–Crippen LogP) is 1.63. The number of rotatable bonds is 4. The molecule has 2 nitrogen and oxygen atoms in total. The molecule has 1 atom stereocenters. The van der Waals surface area contributed by atoms with Crippen LogP contribution in [0.2, 0.25) is 10.1 Å². The Labute approximate surface area is 79.3 Å². The number of ketones is 1. The zero-order chi connectivity index (χ0) is 8.81. The molecule has 1 aliphatic carbocycles. The van der Waals surface area contributed by atoms with Crippen molar-refractivity contribution in [2.75, 3.05) is 0 Å². The molecule has 1 saturated carbocycles. The van der Waals surface area contributed by atoms with Crippen LogP contribution in [0.5, 0.6) is 0 Å². The van der Waals surface area contributed by atoms with Gasteiger partial charge in [0.1, 0.15) is 0 Å². The summed E-state index contributed by atoms with van der Waals surface area (Å²) >= 11 is 0.525. The number of hydrogen-bond acceptors (Lipinski definition) is 2. The van der Waals surface area contributed by atoms with Crippen LogP contribution in [0.4, 0.5) is 0 Å². The van der Waals surface area contributed by atoms with Gasteiger partial charge in [0.15, 0.2) is 0 Å². The van der Waals surface area contributed by atoms with E-state index in [0.717, 1.165) is 30.9 Å². The standard InChI is InChI=1S/C9H14O2Se/c10-5-2-6-12-9-4-1-3-8(11)7-9/h5,9H,1-4,6-7H2. The van der Waals surface area contributed by atoms with Gasteiger partial charge in [-0.3, -0.25) is 0 Å². The second-order valence-corrected chi connectivity index (χ2v) is 6.04. The topological polar surface area (TPSA) is 34.1 Å². The van der Waals surface area contributed by atoms with Gasteiger partial charge in [0.25, 0.3) is 0 Å². The maximum atomic E-state index is 11.0. The molecule has 1 unspecified atom stereocenters. The summed E-state index contributed by atoms with van der Waals surface area (Å²) in [4.78, 5) is 21.7. The van der Waals surface area contributed by atoms with Crippen molar-refractivity contribution in [1.29, 1.82) is 0 Å². The van der Waals surface area contributed by atoms with Crippen LogP contribution < -0.4 is 0 Å². The first-order valence-electron chi connectivity index (χ1n) is 4.40. The molecule has 68 valence electrons. The van der Waals surface area contributed by atoms with Gasteiger partial charge in [-0.1, -0.05) is 0 Å². The Kier molecular flexibility index (Phi) is 4.55. The van der Waals surface area contributed by atoms with Gasteiger partial charge in [0.05, 0.1) is 0 Å². The van der Waals surface area contributed by atoms with Crippen molar-refractivity contribution >= 4 is 27.0 Å². The third-order valence-electron chi connectivity index (χ3n) is 2.03. The minimum atomic E-state index is 0.430. The minimum absolute atomic E-state index is 0.430. The Morgan fingerprint density at radius 1 is 1.58 bits per heavy atom. The molecular formula is C9H14O2Se. The SMILES string of the molecule is O=CCC[Se]C1CCCC(=O)C1. The predicted molar refractivity (Wildman–Crippen MR) is 48.5 cm³/mol. The molecular weight excluding hydrogens is 219 g/mol. The van der Waals surface area contributed by atoms with Crippen LogP contribution >= 0.6 is 0 Å². The van der Waals surface area contributed by atoms with E-state index < -0.39 is 0 Å². The Balaban J connectivity index is 2.14. The first-order valence-corrected chi connectivity index (χ1v) is 6.60. The van der Waals surface area contributed by atoms with Gasteiger partial charge in [-0.05, 0) is 0 Å². The van der Waals surface area contributed by atoms with Gasteiger partial charge in [-0.25, -0.2) is 0 Å². The number of carbonyl (C=O) groups is 2. The van der Waals surface area contributed by atoms with Crippen molar-refractivity contribution in [3.8, 4) is 0 Å². The Morgan fingerprint density at radius 3 is 3.08 bits per heavy atom.